The van der Waals surface area contributed by atoms with Crippen molar-refractivity contribution in [2.75, 3.05) is 13.1 Å². The molecular weight excluding hydrogens is 191 g/mol. The van der Waals surface area contributed by atoms with E-state index in [-0.39, 0.29) is 11.4 Å². The standard InChI is InChI=1S/C12H19FN2/c1-3-15-12(2,9-14)8-10-5-4-6-11(13)7-10/h4-7,15H,3,8-9,14H2,1-2H3. The van der Waals surface area contributed by atoms with Crippen molar-refractivity contribution in [3.8, 4) is 0 Å². The Kier molecular flexibility index (Phi) is 4.24. The summed E-state index contributed by atoms with van der Waals surface area (Å²) in [5.74, 6) is -0.191. The van der Waals surface area contributed by atoms with E-state index in [1.165, 1.54) is 6.07 Å². The van der Waals surface area contributed by atoms with Crippen LogP contribution >= 0.6 is 0 Å². The number of benzene rings is 1. The maximum absolute atomic E-state index is 13.0. The first kappa shape index (κ1) is 12.1. The third-order valence-electron chi connectivity index (χ3n) is 2.54. The lowest BCUT2D eigenvalue weighted by Gasteiger charge is -2.29. The van der Waals surface area contributed by atoms with Gasteiger partial charge in [-0.15, -0.1) is 0 Å². The van der Waals surface area contributed by atoms with Crippen LogP contribution in [0.4, 0.5) is 4.39 Å². The molecule has 0 saturated heterocycles. The van der Waals surface area contributed by atoms with Crippen molar-refractivity contribution in [3.63, 3.8) is 0 Å². The van der Waals surface area contributed by atoms with Gasteiger partial charge in [-0.25, -0.2) is 4.39 Å². The first-order valence-electron chi connectivity index (χ1n) is 5.29. The van der Waals surface area contributed by atoms with Crippen LogP contribution < -0.4 is 11.1 Å². The molecule has 3 heteroatoms. The molecule has 0 aliphatic carbocycles. The lowest BCUT2D eigenvalue weighted by Crippen LogP contribution is -2.50. The summed E-state index contributed by atoms with van der Waals surface area (Å²) in [5.41, 5.74) is 6.55. The van der Waals surface area contributed by atoms with Gasteiger partial charge in [0.05, 0.1) is 0 Å². The molecule has 1 atom stereocenters. The van der Waals surface area contributed by atoms with Gasteiger partial charge in [0.25, 0.3) is 0 Å². The molecule has 0 amide bonds. The van der Waals surface area contributed by atoms with Gasteiger partial charge in [0, 0.05) is 12.1 Å². The summed E-state index contributed by atoms with van der Waals surface area (Å²) < 4.78 is 13.0. The van der Waals surface area contributed by atoms with Crippen molar-refractivity contribution in [1.29, 1.82) is 0 Å². The number of nitrogens with two attached hydrogens (primary N) is 1. The average Bonchev–Trinajstić information content (AvgIpc) is 2.18. The smallest absolute Gasteiger partial charge is 0.123 e. The molecule has 0 saturated carbocycles. The fourth-order valence-electron chi connectivity index (χ4n) is 1.73. The van der Waals surface area contributed by atoms with Crippen LogP contribution in [-0.4, -0.2) is 18.6 Å². The monoisotopic (exact) mass is 210 g/mol. The molecule has 0 radical (unpaired) electrons. The van der Waals surface area contributed by atoms with Gasteiger partial charge in [-0.05, 0) is 37.6 Å². The maximum Gasteiger partial charge on any atom is 0.123 e. The van der Waals surface area contributed by atoms with Crippen LogP contribution in [0.15, 0.2) is 24.3 Å². The minimum absolute atomic E-state index is 0.150. The molecule has 1 rings (SSSR count). The Morgan fingerprint density at radius 2 is 2.20 bits per heavy atom. The zero-order valence-electron chi connectivity index (χ0n) is 9.39. The van der Waals surface area contributed by atoms with Crippen LogP contribution in [0.5, 0.6) is 0 Å². The highest BCUT2D eigenvalue weighted by atomic mass is 19.1. The van der Waals surface area contributed by atoms with Crippen molar-refractivity contribution in [3.05, 3.63) is 35.6 Å². The number of rotatable bonds is 5. The second-order valence-electron chi connectivity index (χ2n) is 4.10. The Labute approximate surface area is 90.7 Å². The maximum atomic E-state index is 13.0. The molecule has 15 heavy (non-hydrogen) atoms. The Balaban J connectivity index is 2.74. The third kappa shape index (κ3) is 3.61. The summed E-state index contributed by atoms with van der Waals surface area (Å²) in [6.07, 6.45) is 0.745. The van der Waals surface area contributed by atoms with Crippen LogP contribution in [0.3, 0.4) is 0 Å². The quantitative estimate of drug-likeness (QED) is 0.776. The van der Waals surface area contributed by atoms with E-state index in [4.69, 9.17) is 5.73 Å². The van der Waals surface area contributed by atoms with E-state index in [0.29, 0.717) is 6.54 Å². The van der Waals surface area contributed by atoms with Crippen LogP contribution in [0.25, 0.3) is 0 Å². The highest BCUT2D eigenvalue weighted by Crippen LogP contribution is 2.13. The average molecular weight is 210 g/mol. The largest absolute Gasteiger partial charge is 0.329 e. The van der Waals surface area contributed by atoms with Gasteiger partial charge in [0.1, 0.15) is 5.82 Å². The molecule has 0 aliphatic heterocycles. The van der Waals surface area contributed by atoms with Crippen LogP contribution in [0.1, 0.15) is 19.4 Å². The van der Waals surface area contributed by atoms with Crippen LogP contribution in [-0.2, 0) is 6.42 Å². The van der Waals surface area contributed by atoms with Crippen molar-refractivity contribution in [2.24, 2.45) is 5.73 Å². The highest BCUT2D eigenvalue weighted by Gasteiger charge is 2.21. The first-order chi connectivity index (χ1) is 7.09. The minimum Gasteiger partial charge on any atom is -0.329 e. The lowest BCUT2D eigenvalue weighted by molar-refractivity contribution is 0.370. The summed E-state index contributed by atoms with van der Waals surface area (Å²) in [7, 11) is 0. The van der Waals surface area contributed by atoms with E-state index in [1.54, 1.807) is 12.1 Å². The molecule has 0 aliphatic rings. The van der Waals surface area contributed by atoms with E-state index >= 15 is 0 Å². The van der Waals surface area contributed by atoms with Gasteiger partial charge in [-0.3, -0.25) is 0 Å². The summed E-state index contributed by atoms with van der Waals surface area (Å²) in [6, 6.07) is 6.67. The number of halogens is 1. The zero-order valence-corrected chi connectivity index (χ0v) is 9.39. The fraction of sp³-hybridized carbons (Fsp3) is 0.500. The molecule has 2 nitrogen and oxygen atoms in total. The normalized spacial score (nSPS) is 14.9. The van der Waals surface area contributed by atoms with Crippen molar-refractivity contribution < 1.29 is 4.39 Å². The van der Waals surface area contributed by atoms with Crippen LogP contribution in [0.2, 0.25) is 0 Å². The Morgan fingerprint density at radius 1 is 1.47 bits per heavy atom. The van der Waals surface area contributed by atoms with E-state index in [9.17, 15) is 4.39 Å². The Morgan fingerprint density at radius 3 is 2.73 bits per heavy atom. The minimum atomic E-state index is -0.191. The molecule has 0 heterocycles. The summed E-state index contributed by atoms with van der Waals surface area (Å²) in [6.45, 7) is 5.50. The van der Waals surface area contributed by atoms with Crippen molar-refractivity contribution in [1.82, 2.24) is 5.32 Å². The molecule has 0 aromatic heterocycles. The van der Waals surface area contributed by atoms with Gasteiger partial charge in [-0.1, -0.05) is 19.1 Å². The third-order valence-corrected chi connectivity index (χ3v) is 2.54. The Bertz CT molecular complexity index is 314. The molecule has 1 aromatic carbocycles. The second kappa shape index (κ2) is 5.24. The number of nitrogens with one attached hydrogen (secondary N) is 1. The molecule has 84 valence electrons. The summed E-state index contributed by atoms with van der Waals surface area (Å²) in [4.78, 5) is 0. The van der Waals surface area contributed by atoms with Gasteiger partial charge in [0.15, 0.2) is 0 Å². The SMILES string of the molecule is CCNC(C)(CN)Cc1cccc(F)c1. The van der Waals surface area contributed by atoms with Gasteiger partial charge in [-0.2, -0.15) is 0 Å². The van der Waals surface area contributed by atoms with Crippen LogP contribution in [0, 0.1) is 5.82 Å². The van der Waals surface area contributed by atoms with E-state index < -0.39 is 0 Å². The summed E-state index contributed by atoms with van der Waals surface area (Å²) >= 11 is 0. The topological polar surface area (TPSA) is 38.0 Å². The molecule has 0 fully saturated rings. The van der Waals surface area contributed by atoms with Gasteiger partial charge >= 0.3 is 0 Å². The fourth-order valence-corrected chi connectivity index (χ4v) is 1.73. The molecule has 0 bridgehead atoms. The first-order valence-corrected chi connectivity index (χ1v) is 5.29. The molecule has 1 unspecified atom stereocenters. The lowest BCUT2D eigenvalue weighted by atomic mass is 9.93. The molecule has 3 N–H and O–H groups in total. The number of hydrogen-bond acceptors (Lipinski definition) is 2. The van der Waals surface area contributed by atoms with E-state index in [1.807, 2.05) is 13.0 Å². The van der Waals surface area contributed by atoms with Gasteiger partial charge < -0.3 is 11.1 Å². The molecule has 1 aromatic rings. The highest BCUT2D eigenvalue weighted by molar-refractivity contribution is 5.19. The van der Waals surface area contributed by atoms with Crippen molar-refractivity contribution in [2.45, 2.75) is 25.8 Å². The van der Waals surface area contributed by atoms with E-state index in [0.717, 1.165) is 18.5 Å². The molecule has 0 spiro atoms. The number of likely N-dealkylation sites (N-methyl/N-ethyl adjacent to an activating group) is 1. The predicted molar refractivity (Wildman–Crippen MR) is 61.2 cm³/mol. The second-order valence-corrected chi connectivity index (χ2v) is 4.10. The van der Waals surface area contributed by atoms with Gasteiger partial charge in [0.2, 0.25) is 0 Å². The number of hydrogen-bond donors (Lipinski definition) is 2. The Hall–Kier alpha value is -0.930. The van der Waals surface area contributed by atoms with Crippen molar-refractivity contribution >= 4 is 0 Å². The predicted octanol–water partition coefficient (Wildman–Crippen LogP) is 1.70. The zero-order chi connectivity index (χ0) is 11.3. The van der Waals surface area contributed by atoms with E-state index in [2.05, 4.69) is 12.2 Å². The molecular formula is C12H19FN2. The summed E-state index contributed by atoms with van der Waals surface area (Å²) in [5, 5.41) is 3.33.